The Balaban J connectivity index is 1.47. The van der Waals surface area contributed by atoms with E-state index in [2.05, 4.69) is 46.8 Å². The minimum atomic E-state index is 0.0807. The van der Waals surface area contributed by atoms with Crippen LogP contribution < -0.4 is 10.6 Å². The summed E-state index contributed by atoms with van der Waals surface area (Å²) in [5.41, 5.74) is 3.03. The molecule has 31 heavy (non-hydrogen) atoms. The van der Waals surface area contributed by atoms with Gasteiger partial charge in [0.2, 0.25) is 5.91 Å². The second-order valence-electron chi connectivity index (χ2n) is 9.29. The quantitative estimate of drug-likeness (QED) is 0.496. The van der Waals surface area contributed by atoms with Crippen molar-refractivity contribution in [3.8, 4) is 11.1 Å². The Morgan fingerprint density at radius 2 is 1.74 bits per heavy atom. The van der Waals surface area contributed by atoms with E-state index in [1.807, 2.05) is 6.07 Å². The number of nitrogens with zero attached hydrogens (tertiary/aromatic N) is 1. The van der Waals surface area contributed by atoms with Crippen LogP contribution in [0, 0.1) is 11.8 Å². The molecular formula is C26H34ClN3O. The maximum atomic E-state index is 12.6. The van der Waals surface area contributed by atoms with Crippen molar-refractivity contribution in [1.82, 2.24) is 4.98 Å². The second kappa shape index (κ2) is 10.5. The molecular weight excluding hydrogens is 406 g/mol. The maximum absolute atomic E-state index is 12.6. The normalized spacial score (nSPS) is 19.0. The van der Waals surface area contributed by atoms with Crippen LogP contribution in [-0.2, 0) is 4.79 Å². The number of aromatic nitrogens is 1. The third-order valence-corrected chi connectivity index (χ3v) is 7.31. The largest absolute Gasteiger partial charge is 0.382 e. The summed E-state index contributed by atoms with van der Waals surface area (Å²) in [5.74, 6) is 1.49. The second-order valence-corrected chi connectivity index (χ2v) is 9.69. The van der Waals surface area contributed by atoms with Gasteiger partial charge in [-0.25, -0.2) is 4.98 Å². The number of rotatable bonds is 6. The van der Waals surface area contributed by atoms with Gasteiger partial charge in [-0.15, -0.1) is 0 Å². The minimum absolute atomic E-state index is 0.0807. The zero-order valence-electron chi connectivity index (χ0n) is 18.5. The molecule has 1 atom stereocenters. The van der Waals surface area contributed by atoms with Crippen LogP contribution in [0.3, 0.4) is 0 Å². The Morgan fingerprint density at radius 3 is 2.48 bits per heavy atom. The van der Waals surface area contributed by atoms with Crippen molar-refractivity contribution in [1.29, 1.82) is 0 Å². The zero-order valence-corrected chi connectivity index (χ0v) is 19.3. The number of pyridine rings is 1. The number of carbonyl (C=O) groups excluding carboxylic acids is 1. The van der Waals surface area contributed by atoms with Crippen LogP contribution in [0.5, 0.6) is 0 Å². The number of benzene rings is 1. The SMILES string of the molecule is C[C@H](Nc1cccc(-c2cc(NC(=O)C3CCCCC3)ncc2Cl)c1)C1CCCCC1. The van der Waals surface area contributed by atoms with Crippen LogP contribution in [-0.4, -0.2) is 16.9 Å². The predicted molar refractivity (Wildman–Crippen MR) is 130 cm³/mol. The monoisotopic (exact) mass is 439 g/mol. The van der Waals surface area contributed by atoms with E-state index in [1.54, 1.807) is 6.20 Å². The molecule has 4 nitrogen and oxygen atoms in total. The van der Waals surface area contributed by atoms with Crippen molar-refractivity contribution in [3.63, 3.8) is 0 Å². The Morgan fingerprint density at radius 1 is 1.03 bits per heavy atom. The van der Waals surface area contributed by atoms with Gasteiger partial charge in [-0.1, -0.05) is 62.3 Å². The molecule has 1 amide bonds. The number of amides is 1. The van der Waals surface area contributed by atoms with Gasteiger partial charge in [0, 0.05) is 29.4 Å². The van der Waals surface area contributed by atoms with Crippen molar-refractivity contribution < 1.29 is 4.79 Å². The lowest BCUT2D eigenvalue weighted by atomic mass is 9.84. The summed E-state index contributed by atoms with van der Waals surface area (Å²) in [7, 11) is 0. The van der Waals surface area contributed by atoms with Crippen LogP contribution in [0.15, 0.2) is 36.5 Å². The lowest BCUT2D eigenvalue weighted by Gasteiger charge is -2.29. The van der Waals surface area contributed by atoms with E-state index in [4.69, 9.17) is 11.6 Å². The number of hydrogen-bond donors (Lipinski definition) is 2. The van der Waals surface area contributed by atoms with Gasteiger partial charge >= 0.3 is 0 Å². The smallest absolute Gasteiger partial charge is 0.228 e. The van der Waals surface area contributed by atoms with Gasteiger partial charge < -0.3 is 10.6 Å². The highest BCUT2D eigenvalue weighted by Crippen LogP contribution is 2.33. The first kappa shape index (κ1) is 22.1. The van der Waals surface area contributed by atoms with Crippen molar-refractivity contribution >= 4 is 29.0 Å². The summed E-state index contributed by atoms with van der Waals surface area (Å²) in [6.07, 6.45) is 13.8. The Hall–Kier alpha value is -2.07. The van der Waals surface area contributed by atoms with Crippen LogP contribution >= 0.6 is 11.6 Å². The fourth-order valence-electron chi connectivity index (χ4n) is 5.11. The number of carbonyl (C=O) groups is 1. The van der Waals surface area contributed by atoms with Crippen LogP contribution in [0.2, 0.25) is 5.02 Å². The van der Waals surface area contributed by atoms with E-state index in [9.17, 15) is 4.79 Å². The summed E-state index contributed by atoms with van der Waals surface area (Å²) in [4.78, 5) is 17.0. The Bertz CT molecular complexity index is 888. The fraction of sp³-hybridized carbons (Fsp3) is 0.538. The highest BCUT2D eigenvalue weighted by Gasteiger charge is 2.22. The summed E-state index contributed by atoms with van der Waals surface area (Å²) in [6.45, 7) is 2.29. The molecule has 0 saturated heterocycles. The molecule has 0 bridgehead atoms. The molecule has 0 radical (unpaired) electrons. The van der Waals surface area contributed by atoms with Gasteiger partial charge in [0.25, 0.3) is 0 Å². The highest BCUT2D eigenvalue weighted by atomic mass is 35.5. The molecule has 1 heterocycles. The average Bonchev–Trinajstić information content (AvgIpc) is 2.81. The summed E-state index contributed by atoms with van der Waals surface area (Å²) in [5, 5.41) is 7.31. The average molecular weight is 440 g/mol. The number of nitrogens with one attached hydrogen (secondary N) is 2. The molecule has 4 rings (SSSR count). The van der Waals surface area contributed by atoms with Crippen LogP contribution in [0.4, 0.5) is 11.5 Å². The molecule has 2 fully saturated rings. The van der Waals surface area contributed by atoms with Crippen LogP contribution in [0.25, 0.3) is 11.1 Å². The van der Waals surface area contributed by atoms with Crippen molar-refractivity contribution in [2.24, 2.45) is 11.8 Å². The topological polar surface area (TPSA) is 54.0 Å². The predicted octanol–water partition coefficient (Wildman–Crippen LogP) is 7.30. The van der Waals surface area contributed by atoms with Gasteiger partial charge in [-0.3, -0.25) is 4.79 Å². The highest BCUT2D eigenvalue weighted by molar-refractivity contribution is 6.33. The first-order valence-corrected chi connectivity index (χ1v) is 12.3. The maximum Gasteiger partial charge on any atom is 0.228 e. The standard InChI is InChI=1S/C26H34ClN3O/c1-18(19-9-4-2-5-10-19)29-22-14-8-13-21(15-22)23-16-25(28-17-24(23)27)30-26(31)20-11-6-3-7-12-20/h8,13-20,29H,2-7,9-12H2,1H3,(H,28,30,31)/t18-/m0/s1. The van der Waals surface area contributed by atoms with Crippen LogP contribution in [0.1, 0.15) is 71.1 Å². The number of anilines is 2. The molecule has 2 aliphatic carbocycles. The number of hydrogen-bond acceptors (Lipinski definition) is 3. The van der Waals surface area contributed by atoms with Gasteiger partial charge in [-0.05, 0) is 62.3 Å². The molecule has 5 heteroatoms. The summed E-state index contributed by atoms with van der Waals surface area (Å²) >= 11 is 6.50. The lowest BCUT2D eigenvalue weighted by Crippen LogP contribution is -2.27. The summed E-state index contributed by atoms with van der Waals surface area (Å²) in [6, 6.07) is 10.7. The van der Waals surface area contributed by atoms with Gasteiger partial charge in [0.05, 0.1) is 5.02 Å². The molecule has 166 valence electrons. The van der Waals surface area contributed by atoms with E-state index < -0.39 is 0 Å². The van der Waals surface area contributed by atoms with E-state index in [1.165, 1.54) is 38.5 Å². The molecule has 2 aliphatic rings. The zero-order chi connectivity index (χ0) is 21.6. The Kier molecular flexibility index (Phi) is 7.49. The molecule has 0 aliphatic heterocycles. The molecule has 1 aromatic heterocycles. The summed E-state index contributed by atoms with van der Waals surface area (Å²) < 4.78 is 0. The Labute approximate surface area is 191 Å². The molecule has 0 unspecified atom stereocenters. The van der Waals surface area contributed by atoms with E-state index in [0.717, 1.165) is 48.4 Å². The molecule has 2 N–H and O–H groups in total. The van der Waals surface area contributed by atoms with Crippen molar-refractivity contribution in [2.45, 2.75) is 77.2 Å². The van der Waals surface area contributed by atoms with E-state index in [0.29, 0.717) is 16.9 Å². The number of halogens is 1. The third kappa shape index (κ3) is 5.79. The first-order chi connectivity index (χ1) is 15.1. The third-order valence-electron chi connectivity index (χ3n) is 7.01. The molecule has 2 aromatic rings. The molecule has 2 saturated carbocycles. The minimum Gasteiger partial charge on any atom is -0.382 e. The van der Waals surface area contributed by atoms with Gasteiger partial charge in [-0.2, -0.15) is 0 Å². The van der Waals surface area contributed by atoms with E-state index >= 15 is 0 Å². The van der Waals surface area contributed by atoms with Crippen molar-refractivity contribution in [2.75, 3.05) is 10.6 Å². The van der Waals surface area contributed by atoms with Gasteiger partial charge in [0.1, 0.15) is 5.82 Å². The molecule has 1 aromatic carbocycles. The van der Waals surface area contributed by atoms with Crippen molar-refractivity contribution in [3.05, 3.63) is 41.6 Å². The van der Waals surface area contributed by atoms with Gasteiger partial charge in [0.15, 0.2) is 0 Å². The fourth-order valence-corrected chi connectivity index (χ4v) is 5.33. The lowest BCUT2D eigenvalue weighted by molar-refractivity contribution is -0.120. The first-order valence-electron chi connectivity index (χ1n) is 11.9. The molecule has 0 spiro atoms. The van der Waals surface area contributed by atoms with E-state index in [-0.39, 0.29) is 11.8 Å².